The molecule has 114 valence electrons. The Kier molecular flexibility index (Phi) is 6.25. The third kappa shape index (κ3) is 4.99. The topological polar surface area (TPSA) is 67.9 Å². The lowest BCUT2D eigenvalue weighted by atomic mass is 10.2. The van der Waals surface area contributed by atoms with Gasteiger partial charge in [-0.3, -0.25) is 0 Å². The molecule has 0 aliphatic heterocycles. The minimum Gasteiger partial charge on any atom is -0.497 e. The zero-order valence-corrected chi connectivity index (χ0v) is 13.2. The minimum absolute atomic E-state index is 0.0705. The molecule has 7 heteroatoms. The van der Waals surface area contributed by atoms with E-state index in [2.05, 4.69) is 5.32 Å². The van der Waals surface area contributed by atoms with Crippen LogP contribution in [0.4, 0.5) is 0 Å². The van der Waals surface area contributed by atoms with Crippen LogP contribution in [0.2, 0.25) is 0 Å². The van der Waals surface area contributed by atoms with Gasteiger partial charge in [0, 0.05) is 33.3 Å². The van der Waals surface area contributed by atoms with Gasteiger partial charge < -0.3 is 14.8 Å². The second-order valence-corrected chi connectivity index (χ2v) is 6.80. The van der Waals surface area contributed by atoms with Gasteiger partial charge in [0.2, 0.25) is 10.0 Å². The van der Waals surface area contributed by atoms with Crippen LogP contribution >= 0.6 is 0 Å². The van der Waals surface area contributed by atoms with Crippen LogP contribution < -0.4 is 14.8 Å². The second-order valence-electron chi connectivity index (χ2n) is 4.50. The van der Waals surface area contributed by atoms with E-state index in [1.54, 1.807) is 20.3 Å². The number of benzene rings is 1. The Bertz CT molecular complexity index is 507. The van der Waals surface area contributed by atoms with Crippen molar-refractivity contribution in [3.05, 3.63) is 23.8 Å². The van der Waals surface area contributed by atoms with E-state index < -0.39 is 10.0 Å². The van der Waals surface area contributed by atoms with Gasteiger partial charge in [0.05, 0.1) is 20.0 Å². The first-order chi connectivity index (χ1) is 9.39. The summed E-state index contributed by atoms with van der Waals surface area (Å²) in [4.78, 5) is 0. The van der Waals surface area contributed by atoms with Crippen LogP contribution in [-0.2, 0) is 16.6 Å². The van der Waals surface area contributed by atoms with Gasteiger partial charge >= 0.3 is 0 Å². The maximum Gasteiger partial charge on any atom is 0.214 e. The number of hydrogen-bond donors (Lipinski definition) is 1. The lowest BCUT2D eigenvalue weighted by Gasteiger charge is -2.12. The summed E-state index contributed by atoms with van der Waals surface area (Å²) in [7, 11) is 3.09. The minimum atomic E-state index is -3.16. The van der Waals surface area contributed by atoms with Gasteiger partial charge in [0.25, 0.3) is 0 Å². The number of nitrogens with one attached hydrogen (secondary N) is 1. The zero-order valence-electron chi connectivity index (χ0n) is 12.3. The monoisotopic (exact) mass is 302 g/mol. The fourth-order valence-electron chi connectivity index (χ4n) is 1.58. The molecule has 0 fully saturated rings. The van der Waals surface area contributed by atoms with E-state index in [0.29, 0.717) is 24.6 Å². The molecule has 1 aromatic carbocycles. The fraction of sp³-hybridized carbons (Fsp3) is 0.538. The van der Waals surface area contributed by atoms with Crippen molar-refractivity contribution >= 4 is 10.0 Å². The molecule has 0 aliphatic carbocycles. The summed E-state index contributed by atoms with van der Waals surface area (Å²) < 4.78 is 34.8. The van der Waals surface area contributed by atoms with E-state index in [-0.39, 0.29) is 5.75 Å². The average Bonchev–Trinajstić information content (AvgIpc) is 2.43. The fourth-order valence-corrected chi connectivity index (χ4v) is 2.35. The number of nitrogens with zero attached hydrogens (tertiary/aromatic N) is 1. The third-order valence-corrected chi connectivity index (χ3v) is 4.67. The van der Waals surface area contributed by atoms with E-state index in [0.717, 1.165) is 5.56 Å². The molecule has 0 aliphatic rings. The first-order valence-corrected chi connectivity index (χ1v) is 7.83. The standard InChI is InChI=1S/C13H22N2O4S/c1-15(2)20(16,17)6-5-14-10-11-7-12(18-3)9-13(8-11)19-4/h7-9,14H,5-6,10H2,1-4H3. The Morgan fingerprint density at radius 2 is 1.65 bits per heavy atom. The molecule has 1 N–H and O–H groups in total. The van der Waals surface area contributed by atoms with Gasteiger partial charge in [-0.2, -0.15) is 0 Å². The second kappa shape index (κ2) is 7.47. The van der Waals surface area contributed by atoms with Crippen LogP contribution in [0, 0.1) is 0 Å². The summed E-state index contributed by atoms with van der Waals surface area (Å²) in [5.74, 6) is 1.49. The molecule has 0 unspecified atom stereocenters. The highest BCUT2D eigenvalue weighted by Gasteiger charge is 2.12. The molecule has 0 spiro atoms. The van der Waals surface area contributed by atoms with Gasteiger partial charge in [0.1, 0.15) is 11.5 Å². The van der Waals surface area contributed by atoms with Crippen LogP contribution in [0.3, 0.4) is 0 Å². The Balaban J connectivity index is 2.54. The van der Waals surface area contributed by atoms with E-state index >= 15 is 0 Å². The van der Waals surface area contributed by atoms with Crippen molar-refractivity contribution in [2.24, 2.45) is 0 Å². The lowest BCUT2D eigenvalue weighted by Crippen LogP contribution is -2.31. The molecule has 0 aromatic heterocycles. The smallest absolute Gasteiger partial charge is 0.214 e. The van der Waals surface area contributed by atoms with Crippen molar-refractivity contribution in [2.45, 2.75) is 6.54 Å². The van der Waals surface area contributed by atoms with Crippen molar-refractivity contribution in [1.29, 1.82) is 0 Å². The first kappa shape index (κ1) is 16.7. The molecule has 0 heterocycles. The maximum atomic E-state index is 11.6. The van der Waals surface area contributed by atoms with Crippen LogP contribution in [0.5, 0.6) is 11.5 Å². The summed E-state index contributed by atoms with van der Waals surface area (Å²) >= 11 is 0. The van der Waals surface area contributed by atoms with Crippen molar-refractivity contribution in [2.75, 3.05) is 40.6 Å². The van der Waals surface area contributed by atoms with Gasteiger partial charge in [0.15, 0.2) is 0 Å². The molecule has 1 aromatic rings. The van der Waals surface area contributed by atoms with Crippen LogP contribution in [-0.4, -0.2) is 53.3 Å². The highest BCUT2D eigenvalue weighted by molar-refractivity contribution is 7.89. The predicted molar refractivity (Wildman–Crippen MR) is 78.7 cm³/mol. The van der Waals surface area contributed by atoms with Crippen LogP contribution in [0.15, 0.2) is 18.2 Å². The first-order valence-electron chi connectivity index (χ1n) is 6.22. The van der Waals surface area contributed by atoms with Gasteiger partial charge in [-0.15, -0.1) is 0 Å². The molecule has 0 amide bonds. The quantitative estimate of drug-likeness (QED) is 0.716. The van der Waals surface area contributed by atoms with Crippen molar-refractivity contribution in [1.82, 2.24) is 9.62 Å². The Morgan fingerprint density at radius 3 is 2.10 bits per heavy atom. The van der Waals surface area contributed by atoms with E-state index in [1.807, 2.05) is 12.1 Å². The van der Waals surface area contributed by atoms with Crippen LogP contribution in [0.1, 0.15) is 5.56 Å². The Morgan fingerprint density at radius 1 is 1.10 bits per heavy atom. The number of sulfonamides is 1. The van der Waals surface area contributed by atoms with E-state index in [9.17, 15) is 8.42 Å². The molecule has 6 nitrogen and oxygen atoms in total. The maximum absolute atomic E-state index is 11.6. The van der Waals surface area contributed by atoms with Crippen molar-refractivity contribution in [3.8, 4) is 11.5 Å². The van der Waals surface area contributed by atoms with E-state index in [4.69, 9.17) is 9.47 Å². The molecular formula is C13H22N2O4S. The molecule has 20 heavy (non-hydrogen) atoms. The highest BCUT2D eigenvalue weighted by atomic mass is 32.2. The summed E-state index contributed by atoms with van der Waals surface area (Å²) in [6.07, 6.45) is 0. The van der Waals surface area contributed by atoms with Crippen molar-refractivity contribution in [3.63, 3.8) is 0 Å². The number of rotatable bonds is 8. The molecule has 0 saturated carbocycles. The van der Waals surface area contributed by atoms with Gasteiger partial charge in [-0.1, -0.05) is 0 Å². The molecule has 0 bridgehead atoms. The van der Waals surface area contributed by atoms with Crippen LogP contribution in [0.25, 0.3) is 0 Å². The summed E-state index contributed by atoms with van der Waals surface area (Å²) in [5.41, 5.74) is 0.975. The number of hydrogen-bond acceptors (Lipinski definition) is 5. The third-order valence-electron chi connectivity index (χ3n) is 2.83. The van der Waals surface area contributed by atoms with Crippen molar-refractivity contribution < 1.29 is 17.9 Å². The number of methoxy groups -OCH3 is 2. The van der Waals surface area contributed by atoms with E-state index in [1.165, 1.54) is 18.4 Å². The summed E-state index contributed by atoms with van der Waals surface area (Å²) in [5, 5.41) is 3.10. The predicted octanol–water partition coefficient (Wildman–Crippen LogP) is 0.685. The SMILES string of the molecule is COc1cc(CNCCS(=O)(=O)N(C)C)cc(OC)c1. The normalized spacial score (nSPS) is 11.7. The van der Waals surface area contributed by atoms with Gasteiger partial charge in [-0.25, -0.2) is 12.7 Å². The largest absolute Gasteiger partial charge is 0.497 e. The molecule has 0 atom stereocenters. The summed E-state index contributed by atoms with van der Waals surface area (Å²) in [6, 6.07) is 5.56. The average molecular weight is 302 g/mol. The molecular weight excluding hydrogens is 280 g/mol. The molecule has 1 rings (SSSR count). The summed E-state index contributed by atoms with van der Waals surface area (Å²) in [6.45, 7) is 0.941. The molecule has 0 radical (unpaired) electrons. The lowest BCUT2D eigenvalue weighted by molar-refractivity contribution is 0.393. The number of ether oxygens (including phenoxy) is 2. The highest BCUT2D eigenvalue weighted by Crippen LogP contribution is 2.22. The van der Waals surface area contributed by atoms with Gasteiger partial charge in [-0.05, 0) is 17.7 Å². The zero-order chi connectivity index (χ0) is 15.2. The Labute approximate surface area is 120 Å². The Hall–Kier alpha value is -1.31. The molecule has 0 saturated heterocycles.